The Morgan fingerprint density at radius 2 is 0.412 bits per heavy atom. The molecule has 0 aliphatic heterocycles. The zero-order chi connectivity index (χ0) is 53.2. The van der Waals surface area contributed by atoms with Gasteiger partial charge in [0, 0.05) is 27.8 Å². The Labute approximate surface area is 467 Å². The van der Waals surface area contributed by atoms with Crippen molar-refractivity contribution in [1.29, 1.82) is 0 Å². The van der Waals surface area contributed by atoms with Gasteiger partial charge in [-0.15, -0.1) is 0 Å². The van der Waals surface area contributed by atoms with Gasteiger partial charge < -0.3 is 9.32 Å². The highest BCUT2D eigenvalue weighted by Crippen LogP contribution is 2.56. The van der Waals surface area contributed by atoms with Crippen molar-refractivity contribution in [3.63, 3.8) is 0 Å². The van der Waals surface area contributed by atoms with Crippen LogP contribution in [0.2, 0.25) is 0 Å². The maximum atomic E-state index is 6.39. The summed E-state index contributed by atoms with van der Waals surface area (Å²) in [5.74, 6) is 0. The summed E-state index contributed by atoms with van der Waals surface area (Å²) < 4.78 is 6.39. The number of hydrogen-bond acceptors (Lipinski definition) is 2. The third-order valence-electron chi connectivity index (χ3n) is 15.5. The van der Waals surface area contributed by atoms with Crippen LogP contribution in [0.1, 0.15) is 0 Å². The number of benzene rings is 13. The van der Waals surface area contributed by atoms with Crippen LogP contribution in [0.25, 0.3) is 122 Å². The standard InChI is InChI=1S/C78H53NO/c1-7-21-54(22-8-1)56-39-46-66(47-40-56)79(67-48-41-57(42-49-67)55-23-9-2-10-24-55)68-50-43-64(44-51-68)78-75(61-29-15-5-16-30-61)73(59-25-11-3-12-26-59)77(74(60-27-13-4-14-28-60)76(78)62-31-17-6-18-32-62)63-37-35-58(36-38-63)65-45-52-70-69-33-19-20-34-71(69)80-72(70)53-65/h1-53H. The van der Waals surface area contributed by atoms with E-state index >= 15 is 0 Å². The summed E-state index contributed by atoms with van der Waals surface area (Å²) in [5.41, 5.74) is 25.7. The van der Waals surface area contributed by atoms with Crippen LogP contribution in [0, 0.1) is 0 Å². The minimum Gasteiger partial charge on any atom is -0.456 e. The van der Waals surface area contributed by atoms with Gasteiger partial charge in [0.15, 0.2) is 0 Å². The SMILES string of the molecule is c1ccc(-c2ccc(N(c3ccc(-c4ccccc4)cc3)c3ccc(-c4c(-c5ccccc5)c(-c5ccccc5)c(-c5ccc(-c6ccc7c(c6)oc6ccccc67)cc5)c(-c5ccccc5)c4-c4ccccc4)cc3)cc2)cc1. The molecule has 2 nitrogen and oxygen atoms in total. The molecule has 14 aromatic rings. The normalized spacial score (nSPS) is 11.2. The van der Waals surface area contributed by atoms with E-state index in [0.717, 1.165) is 89.1 Å². The van der Waals surface area contributed by atoms with E-state index in [1.54, 1.807) is 0 Å². The van der Waals surface area contributed by atoms with Crippen LogP contribution >= 0.6 is 0 Å². The molecule has 0 bridgehead atoms. The van der Waals surface area contributed by atoms with E-state index in [4.69, 9.17) is 4.42 Å². The van der Waals surface area contributed by atoms with Crippen molar-refractivity contribution in [3.8, 4) is 100 Å². The molecule has 14 rings (SSSR count). The molecule has 13 aromatic carbocycles. The van der Waals surface area contributed by atoms with Gasteiger partial charge in [0.2, 0.25) is 0 Å². The maximum Gasteiger partial charge on any atom is 0.136 e. The first-order chi connectivity index (χ1) is 39.7. The minimum absolute atomic E-state index is 0.886. The van der Waals surface area contributed by atoms with E-state index in [2.05, 4.69) is 314 Å². The van der Waals surface area contributed by atoms with Crippen molar-refractivity contribution in [3.05, 3.63) is 322 Å². The Balaban J connectivity index is 0.997. The summed E-state index contributed by atoms with van der Waals surface area (Å²) in [7, 11) is 0. The van der Waals surface area contributed by atoms with Gasteiger partial charge in [-0.05, 0) is 155 Å². The van der Waals surface area contributed by atoms with Gasteiger partial charge in [-0.25, -0.2) is 0 Å². The molecule has 80 heavy (non-hydrogen) atoms. The Bertz CT molecular complexity index is 4240. The number of hydrogen-bond donors (Lipinski definition) is 0. The summed E-state index contributed by atoms with van der Waals surface area (Å²) in [6.07, 6.45) is 0. The van der Waals surface area contributed by atoms with E-state index in [1.165, 1.54) is 50.1 Å². The molecule has 376 valence electrons. The fourth-order valence-electron chi connectivity index (χ4n) is 11.7. The molecular formula is C78H53NO. The monoisotopic (exact) mass is 1020 g/mol. The third kappa shape index (κ3) is 9.05. The quantitative estimate of drug-likeness (QED) is 0.121. The molecule has 0 aliphatic carbocycles. The average Bonchev–Trinajstić information content (AvgIpc) is 4.04. The molecule has 0 saturated heterocycles. The lowest BCUT2D eigenvalue weighted by molar-refractivity contribution is 0.669. The van der Waals surface area contributed by atoms with Crippen LogP contribution in [0.3, 0.4) is 0 Å². The van der Waals surface area contributed by atoms with Crippen molar-refractivity contribution in [2.75, 3.05) is 4.90 Å². The van der Waals surface area contributed by atoms with Crippen LogP contribution in [-0.2, 0) is 0 Å². The molecule has 0 fully saturated rings. The highest BCUT2D eigenvalue weighted by molar-refractivity contribution is 6.15. The van der Waals surface area contributed by atoms with Crippen LogP contribution < -0.4 is 4.90 Å². The van der Waals surface area contributed by atoms with Crippen LogP contribution in [0.15, 0.2) is 326 Å². The molecule has 0 atom stereocenters. The number of fused-ring (bicyclic) bond motifs is 3. The lowest BCUT2D eigenvalue weighted by Crippen LogP contribution is -2.10. The van der Waals surface area contributed by atoms with Crippen LogP contribution in [0.4, 0.5) is 17.1 Å². The highest BCUT2D eigenvalue weighted by Gasteiger charge is 2.29. The lowest BCUT2D eigenvalue weighted by Gasteiger charge is -2.29. The second kappa shape index (κ2) is 21.1. The first-order valence-corrected chi connectivity index (χ1v) is 27.4. The molecule has 0 saturated carbocycles. The van der Waals surface area contributed by atoms with Crippen molar-refractivity contribution < 1.29 is 4.42 Å². The van der Waals surface area contributed by atoms with Crippen LogP contribution in [-0.4, -0.2) is 0 Å². The second-order valence-corrected chi connectivity index (χ2v) is 20.3. The molecule has 0 amide bonds. The number of para-hydroxylation sites is 1. The molecule has 0 spiro atoms. The van der Waals surface area contributed by atoms with E-state index in [0.29, 0.717) is 0 Å². The first kappa shape index (κ1) is 47.9. The van der Waals surface area contributed by atoms with E-state index in [-0.39, 0.29) is 0 Å². The largest absolute Gasteiger partial charge is 0.456 e. The zero-order valence-electron chi connectivity index (χ0n) is 44.0. The van der Waals surface area contributed by atoms with Crippen molar-refractivity contribution >= 4 is 39.0 Å². The third-order valence-corrected chi connectivity index (χ3v) is 15.5. The molecule has 0 N–H and O–H groups in total. The Kier molecular flexibility index (Phi) is 12.6. The zero-order valence-corrected chi connectivity index (χ0v) is 44.0. The van der Waals surface area contributed by atoms with E-state index in [1.807, 2.05) is 12.1 Å². The summed E-state index contributed by atoms with van der Waals surface area (Å²) in [6.45, 7) is 0. The van der Waals surface area contributed by atoms with Gasteiger partial charge in [0.25, 0.3) is 0 Å². The van der Waals surface area contributed by atoms with Crippen molar-refractivity contribution in [2.24, 2.45) is 0 Å². The predicted molar refractivity (Wildman–Crippen MR) is 337 cm³/mol. The topological polar surface area (TPSA) is 16.4 Å². The minimum atomic E-state index is 0.886. The Morgan fingerprint density at radius 3 is 0.787 bits per heavy atom. The summed E-state index contributed by atoms with van der Waals surface area (Å²) in [5, 5.41) is 2.25. The van der Waals surface area contributed by atoms with E-state index in [9.17, 15) is 0 Å². The molecule has 1 aromatic heterocycles. The summed E-state index contributed by atoms with van der Waals surface area (Å²) in [4.78, 5) is 2.37. The van der Waals surface area contributed by atoms with Gasteiger partial charge in [-0.3, -0.25) is 0 Å². The van der Waals surface area contributed by atoms with Gasteiger partial charge in [-0.2, -0.15) is 0 Å². The van der Waals surface area contributed by atoms with Crippen molar-refractivity contribution in [2.45, 2.75) is 0 Å². The number of anilines is 3. The fraction of sp³-hybridized carbons (Fsp3) is 0. The van der Waals surface area contributed by atoms with Crippen molar-refractivity contribution in [1.82, 2.24) is 0 Å². The molecule has 0 unspecified atom stereocenters. The van der Waals surface area contributed by atoms with Gasteiger partial charge in [0.1, 0.15) is 11.2 Å². The van der Waals surface area contributed by atoms with Gasteiger partial charge >= 0.3 is 0 Å². The second-order valence-electron chi connectivity index (χ2n) is 20.3. The molecule has 0 aliphatic rings. The fourth-order valence-corrected chi connectivity index (χ4v) is 11.7. The molecular weight excluding hydrogens is 967 g/mol. The van der Waals surface area contributed by atoms with Gasteiger partial charge in [0.05, 0.1) is 0 Å². The molecule has 1 heterocycles. The number of nitrogens with zero attached hydrogens (tertiary/aromatic N) is 1. The van der Waals surface area contributed by atoms with Gasteiger partial charge in [-0.1, -0.05) is 267 Å². The smallest absolute Gasteiger partial charge is 0.136 e. The average molecular weight is 1020 g/mol. The van der Waals surface area contributed by atoms with Crippen LogP contribution in [0.5, 0.6) is 0 Å². The highest BCUT2D eigenvalue weighted by atomic mass is 16.3. The maximum absolute atomic E-state index is 6.39. The molecule has 0 radical (unpaired) electrons. The molecule has 2 heteroatoms. The first-order valence-electron chi connectivity index (χ1n) is 27.4. The Morgan fingerprint density at radius 1 is 0.175 bits per heavy atom. The number of furan rings is 1. The summed E-state index contributed by atoms with van der Waals surface area (Å²) in [6, 6.07) is 116. The lowest BCUT2D eigenvalue weighted by atomic mass is 9.74. The predicted octanol–water partition coefficient (Wildman–Crippen LogP) is 22.1. The number of rotatable bonds is 12. The summed E-state index contributed by atoms with van der Waals surface area (Å²) >= 11 is 0. The van der Waals surface area contributed by atoms with E-state index < -0.39 is 0 Å². The Hall–Kier alpha value is -10.5.